The largest absolute Gasteiger partial charge is 0.495 e. The highest BCUT2D eigenvalue weighted by molar-refractivity contribution is 7.93. The minimum Gasteiger partial charge on any atom is -0.495 e. The van der Waals surface area contributed by atoms with Gasteiger partial charge in [-0.15, -0.1) is 0 Å². The van der Waals surface area contributed by atoms with Crippen LogP contribution in [0.1, 0.15) is 5.56 Å². The quantitative estimate of drug-likeness (QED) is 0.289. The van der Waals surface area contributed by atoms with Crippen LogP contribution in [0.15, 0.2) is 88.7 Å². The smallest absolute Gasteiger partial charge is 0.270 e. The van der Waals surface area contributed by atoms with Gasteiger partial charge in [0.05, 0.1) is 23.6 Å². The molecule has 0 radical (unpaired) electrons. The summed E-state index contributed by atoms with van der Waals surface area (Å²) in [6.07, 6.45) is 4.37. The molecule has 0 saturated heterocycles. The molecule has 5 rings (SSSR count). The Labute approximate surface area is 210 Å². The monoisotopic (exact) mass is 518 g/mol. The van der Waals surface area contributed by atoms with Gasteiger partial charge in [0, 0.05) is 29.4 Å². The molecule has 184 valence electrons. The fourth-order valence-electron chi connectivity index (χ4n) is 3.90. The number of aromatic nitrogens is 2. The van der Waals surface area contributed by atoms with Crippen LogP contribution in [-0.2, 0) is 10.0 Å². The van der Waals surface area contributed by atoms with E-state index in [-0.39, 0.29) is 38.8 Å². The average molecular weight is 519 g/mol. The molecule has 0 saturated carbocycles. The van der Waals surface area contributed by atoms with Gasteiger partial charge >= 0.3 is 0 Å². The van der Waals surface area contributed by atoms with E-state index in [1.54, 1.807) is 24.5 Å². The van der Waals surface area contributed by atoms with Gasteiger partial charge in [0.1, 0.15) is 17.7 Å². The summed E-state index contributed by atoms with van der Waals surface area (Å²) >= 11 is 0. The lowest BCUT2D eigenvalue weighted by atomic mass is 9.98. The molecule has 0 aliphatic rings. The van der Waals surface area contributed by atoms with E-state index in [4.69, 9.17) is 9.26 Å². The first-order valence-corrected chi connectivity index (χ1v) is 12.1. The first kappa shape index (κ1) is 23.9. The number of rotatable bonds is 6. The molecule has 0 N–H and O–H groups in total. The summed E-state index contributed by atoms with van der Waals surface area (Å²) in [6, 6.07) is 15.4. The lowest BCUT2D eigenvalue weighted by Gasteiger charge is -2.24. The van der Waals surface area contributed by atoms with Gasteiger partial charge in [-0.1, -0.05) is 17.3 Å². The van der Waals surface area contributed by atoms with Crippen LogP contribution in [0.2, 0.25) is 0 Å². The summed E-state index contributed by atoms with van der Waals surface area (Å²) in [5, 5.41) is 15.1. The minimum atomic E-state index is -4.32. The number of pyridine rings is 1. The van der Waals surface area contributed by atoms with Crippen molar-refractivity contribution in [1.29, 1.82) is 5.26 Å². The number of benzene rings is 3. The van der Waals surface area contributed by atoms with E-state index in [1.165, 1.54) is 49.8 Å². The van der Waals surface area contributed by atoms with E-state index in [0.29, 0.717) is 5.39 Å². The maximum atomic E-state index is 14.0. The molecule has 0 amide bonds. The first-order chi connectivity index (χ1) is 17.8. The minimum absolute atomic E-state index is 0.00455. The first-order valence-electron chi connectivity index (χ1n) is 10.7. The zero-order valence-corrected chi connectivity index (χ0v) is 19.9. The number of nitrogens with zero attached hydrogens (tertiary/aromatic N) is 4. The van der Waals surface area contributed by atoms with E-state index in [2.05, 4.69) is 10.1 Å². The van der Waals surface area contributed by atoms with E-state index >= 15 is 0 Å². The zero-order valence-electron chi connectivity index (χ0n) is 19.1. The Hall–Kier alpha value is -4.82. The molecule has 3 aromatic carbocycles. The normalized spacial score (nSPS) is 11.3. The Morgan fingerprint density at radius 2 is 1.84 bits per heavy atom. The highest BCUT2D eigenvalue weighted by Gasteiger charge is 2.32. The lowest BCUT2D eigenvalue weighted by molar-refractivity contribution is 0.414. The van der Waals surface area contributed by atoms with Crippen LogP contribution in [0.25, 0.3) is 21.9 Å². The van der Waals surface area contributed by atoms with Gasteiger partial charge in [-0.3, -0.25) is 4.98 Å². The van der Waals surface area contributed by atoms with Crippen LogP contribution in [-0.4, -0.2) is 25.7 Å². The Morgan fingerprint density at radius 3 is 2.54 bits per heavy atom. The fraction of sp³-hybridized carbons (Fsp3) is 0.0385. The molecule has 0 fully saturated rings. The number of hydrogen-bond acceptors (Lipinski definition) is 7. The lowest BCUT2D eigenvalue weighted by Crippen LogP contribution is -2.27. The van der Waals surface area contributed by atoms with Crippen molar-refractivity contribution in [3.05, 3.63) is 96.5 Å². The number of halogens is 2. The van der Waals surface area contributed by atoms with Crippen molar-refractivity contribution < 1.29 is 26.5 Å². The third-order valence-corrected chi connectivity index (χ3v) is 7.39. The van der Waals surface area contributed by atoms with Gasteiger partial charge in [0.2, 0.25) is 0 Å². The molecule has 0 aliphatic carbocycles. The second-order valence-corrected chi connectivity index (χ2v) is 9.61. The number of ether oxygens (including phenoxy) is 1. The summed E-state index contributed by atoms with van der Waals surface area (Å²) in [5.74, 6) is -2.18. The molecule has 5 aromatic rings. The van der Waals surface area contributed by atoms with Crippen molar-refractivity contribution in [3.63, 3.8) is 0 Å². The molecule has 0 spiro atoms. The molecule has 8 nitrogen and oxygen atoms in total. The summed E-state index contributed by atoms with van der Waals surface area (Å²) in [6.45, 7) is 0. The Morgan fingerprint density at radius 1 is 1.00 bits per heavy atom. The molecule has 0 aliphatic heterocycles. The van der Waals surface area contributed by atoms with Crippen molar-refractivity contribution in [3.8, 4) is 22.9 Å². The van der Waals surface area contributed by atoms with Gasteiger partial charge in [-0.2, -0.15) is 5.26 Å². The topological polar surface area (TPSA) is 109 Å². The van der Waals surface area contributed by atoms with Crippen LogP contribution >= 0.6 is 0 Å². The van der Waals surface area contributed by atoms with Crippen LogP contribution in [0, 0.1) is 23.0 Å². The van der Waals surface area contributed by atoms with Crippen molar-refractivity contribution in [1.82, 2.24) is 10.1 Å². The van der Waals surface area contributed by atoms with E-state index in [1.807, 2.05) is 6.07 Å². The number of nitriles is 1. The summed E-state index contributed by atoms with van der Waals surface area (Å²) < 4.78 is 66.7. The Kier molecular flexibility index (Phi) is 6.02. The predicted octanol–water partition coefficient (Wildman–Crippen LogP) is 5.58. The van der Waals surface area contributed by atoms with Crippen LogP contribution in [0.4, 0.5) is 20.3 Å². The standard InChI is InChI=1S/C26H16F2N4O4S/c1-35-25-13-21(17-3-5-22(27)23(28)11-17)19(14-29)12-24(25)32(26-7-9-36-31-26)37(33,34)20-4-2-18-15-30-8-6-16(18)10-20/h2-13,15H,1H3. The highest BCUT2D eigenvalue weighted by Crippen LogP contribution is 2.42. The molecule has 0 atom stereocenters. The van der Waals surface area contributed by atoms with Crippen LogP contribution in [0.3, 0.4) is 0 Å². The van der Waals surface area contributed by atoms with Crippen LogP contribution in [0.5, 0.6) is 5.75 Å². The van der Waals surface area contributed by atoms with Crippen molar-refractivity contribution in [2.45, 2.75) is 4.90 Å². The summed E-state index contributed by atoms with van der Waals surface area (Å²) in [5.41, 5.74) is 0.390. The summed E-state index contributed by atoms with van der Waals surface area (Å²) in [7, 11) is -3.01. The van der Waals surface area contributed by atoms with E-state index in [9.17, 15) is 22.5 Å². The Bertz CT molecular complexity index is 1780. The third kappa shape index (κ3) is 4.23. The molecule has 0 unspecified atom stereocenters. The van der Waals surface area contributed by atoms with Gasteiger partial charge < -0.3 is 9.26 Å². The molecular weight excluding hydrogens is 502 g/mol. The Balaban J connectivity index is 1.73. The number of anilines is 2. The number of methoxy groups -OCH3 is 1. The fourth-order valence-corrected chi connectivity index (χ4v) is 5.37. The maximum absolute atomic E-state index is 14.0. The zero-order chi connectivity index (χ0) is 26.2. The molecular formula is C26H16F2N4O4S. The van der Waals surface area contributed by atoms with E-state index < -0.39 is 21.7 Å². The molecule has 37 heavy (non-hydrogen) atoms. The second-order valence-electron chi connectivity index (χ2n) is 7.82. The van der Waals surface area contributed by atoms with Crippen LogP contribution < -0.4 is 9.04 Å². The highest BCUT2D eigenvalue weighted by atomic mass is 32.2. The van der Waals surface area contributed by atoms with Gasteiger partial charge in [0.25, 0.3) is 10.0 Å². The van der Waals surface area contributed by atoms with Gasteiger partial charge in [-0.25, -0.2) is 21.5 Å². The summed E-state index contributed by atoms with van der Waals surface area (Å²) in [4.78, 5) is 3.98. The van der Waals surface area contributed by atoms with Gasteiger partial charge in [-0.05, 0) is 53.4 Å². The molecule has 2 heterocycles. The van der Waals surface area contributed by atoms with Crippen molar-refractivity contribution in [2.75, 3.05) is 11.4 Å². The maximum Gasteiger partial charge on any atom is 0.270 e. The third-order valence-electron chi connectivity index (χ3n) is 5.67. The SMILES string of the molecule is COc1cc(-c2ccc(F)c(F)c2)c(C#N)cc1N(c1ccon1)S(=O)(=O)c1ccc2cnccc2c1. The number of hydrogen-bond donors (Lipinski definition) is 0. The molecule has 0 bridgehead atoms. The van der Waals surface area contributed by atoms with E-state index in [0.717, 1.165) is 21.8 Å². The van der Waals surface area contributed by atoms with Crippen molar-refractivity contribution in [2.24, 2.45) is 0 Å². The predicted molar refractivity (Wildman–Crippen MR) is 131 cm³/mol. The molecule has 11 heteroatoms. The van der Waals surface area contributed by atoms with Crippen molar-refractivity contribution >= 4 is 32.3 Å². The number of fused-ring (bicyclic) bond motifs is 1. The average Bonchev–Trinajstić information content (AvgIpc) is 3.44. The molecule has 2 aromatic heterocycles. The second kappa shape index (κ2) is 9.33. The van der Waals surface area contributed by atoms with Gasteiger partial charge in [0.15, 0.2) is 17.5 Å². The number of sulfonamides is 1.